The first-order chi connectivity index (χ1) is 18.7. The van der Waals surface area contributed by atoms with E-state index >= 15 is 0 Å². The molecule has 38 heavy (non-hydrogen) atoms. The number of hydrogen-bond donors (Lipinski definition) is 1. The van der Waals surface area contributed by atoms with Crippen molar-refractivity contribution >= 4 is 16.8 Å². The maximum absolute atomic E-state index is 14.0. The molecule has 1 aromatic heterocycles. The lowest BCUT2D eigenvalue weighted by Crippen LogP contribution is -2.52. The molecule has 194 valence electrons. The van der Waals surface area contributed by atoms with Gasteiger partial charge in [0, 0.05) is 44.3 Å². The molecule has 1 aliphatic heterocycles. The topological polar surface area (TPSA) is 65.9 Å². The molecule has 0 radical (unpaired) electrons. The molecular weight excluding hydrogens is 474 g/mol. The van der Waals surface area contributed by atoms with Crippen molar-refractivity contribution in [2.75, 3.05) is 39.3 Å². The van der Waals surface area contributed by atoms with Gasteiger partial charge in [-0.15, -0.1) is 0 Å². The van der Waals surface area contributed by atoms with Crippen molar-refractivity contribution in [3.63, 3.8) is 0 Å². The Kier molecular flexibility index (Phi) is 7.08. The molecule has 1 N–H and O–H groups in total. The van der Waals surface area contributed by atoms with Gasteiger partial charge in [0.1, 0.15) is 18.5 Å². The van der Waals surface area contributed by atoms with Crippen LogP contribution in [-0.2, 0) is 17.6 Å². The summed E-state index contributed by atoms with van der Waals surface area (Å²) in [6.07, 6.45) is 3.06. The summed E-state index contributed by atoms with van der Waals surface area (Å²) < 4.78 is 5.96. The first kappa shape index (κ1) is 24.6. The minimum atomic E-state index is -0.621. The zero-order valence-corrected chi connectivity index (χ0v) is 21.5. The van der Waals surface area contributed by atoms with Crippen molar-refractivity contribution in [1.82, 2.24) is 14.8 Å². The van der Waals surface area contributed by atoms with Gasteiger partial charge in [-0.3, -0.25) is 14.7 Å². The van der Waals surface area contributed by atoms with Gasteiger partial charge in [0.05, 0.1) is 11.4 Å². The minimum Gasteiger partial charge on any atom is -0.490 e. The molecule has 2 aliphatic rings. The maximum atomic E-state index is 14.0. The number of fused-ring (bicyclic) bond motifs is 3. The summed E-state index contributed by atoms with van der Waals surface area (Å²) in [4.78, 5) is 22.6. The number of aliphatic hydroxyl groups excluding tert-OH is 1. The number of piperazine rings is 1. The fourth-order valence-electron chi connectivity index (χ4n) is 5.86. The molecule has 0 saturated carbocycles. The Balaban J connectivity index is 1.08. The molecule has 1 amide bonds. The van der Waals surface area contributed by atoms with E-state index in [4.69, 9.17) is 4.74 Å². The standard InChI is InChI=1S/C32H33N3O3/c36-25(22-38-30-13-5-12-29-28(30)11-6-16-33-29)21-34-17-19-35(20-18-34)32(37)31-26-9-3-1-7-23(26)14-15-24-8-2-4-10-27(24)31/h1-13,16,25,31,36H,14-15,17-22H2. The number of pyridine rings is 1. The first-order valence-corrected chi connectivity index (χ1v) is 13.5. The van der Waals surface area contributed by atoms with E-state index in [-0.39, 0.29) is 18.4 Å². The molecule has 6 nitrogen and oxygen atoms in total. The number of nitrogens with zero attached hydrogens (tertiary/aromatic N) is 3. The van der Waals surface area contributed by atoms with Gasteiger partial charge in [-0.25, -0.2) is 0 Å². The highest BCUT2D eigenvalue weighted by atomic mass is 16.5. The smallest absolute Gasteiger partial charge is 0.234 e. The van der Waals surface area contributed by atoms with Crippen molar-refractivity contribution in [2.45, 2.75) is 24.9 Å². The fraction of sp³-hybridized carbons (Fsp3) is 0.312. The lowest BCUT2D eigenvalue weighted by atomic mass is 9.87. The average Bonchev–Trinajstić information content (AvgIpc) is 3.13. The third-order valence-corrected chi connectivity index (χ3v) is 7.83. The Morgan fingerprint density at radius 2 is 1.55 bits per heavy atom. The highest BCUT2D eigenvalue weighted by Gasteiger charge is 2.33. The van der Waals surface area contributed by atoms with E-state index in [0.717, 1.165) is 53.7 Å². The van der Waals surface area contributed by atoms with Gasteiger partial charge in [0.25, 0.3) is 0 Å². The third kappa shape index (κ3) is 5.02. The monoisotopic (exact) mass is 507 g/mol. The van der Waals surface area contributed by atoms with E-state index in [1.807, 2.05) is 47.4 Å². The number of β-amino-alcohol motifs (C(OH)–C–C–N with tert-alkyl or cyclic N) is 1. The molecule has 4 aromatic rings. The van der Waals surface area contributed by atoms with Crippen LogP contribution in [-0.4, -0.2) is 71.2 Å². The fourth-order valence-corrected chi connectivity index (χ4v) is 5.86. The Bertz CT molecular complexity index is 1380. The van der Waals surface area contributed by atoms with Crippen molar-refractivity contribution in [3.05, 3.63) is 107 Å². The summed E-state index contributed by atoms with van der Waals surface area (Å²) in [7, 11) is 0. The molecule has 1 fully saturated rings. The molecule has 1 saturated heterocycles. The second-order valence-electron chi connectivity index (χ2n) is 10.2. The molecule has 6 rings (SSSR count). The van der Waals surface area contributed by atoms with Gasteiger partial charge in [-0.05, 0) is 59.4 Å². The van der Waals surface area contributed by atoms with Crippen LogP contribution in [0.2, 0.25) is 0 Å². The van der Waals surface area contributed by atoms with Gasteiger partial charge < -0.3 is 14.7 Å². The average molecular weight is 508 g/mol. The summed E-state index contributed by atoms with van der Waals surface area (Å²) in [6, 6.07) is 26.4. The zero-order chi connectivity index (χ0) is 25.9. The number of hydrogen-bond acceptors (Lipinski definition) is 5. The molecule has 6 heteroatoms. The highest BCUT2D eigenvalue weighted by molar-refractivity contribution is 5.88. The normalized spacial score (nSPS) is 16.9. The minimum absolute atomic E-state index is 0.180. The molecule has 1 atom stereocenters. The van der Waals surface area contributed by atoms with E-state index < -0.39 is 6.10 Å². The number of aromatic nitrogens is 1. The molecular formula is C32H33N3O3. The van der Waals surface area contributed by atoms with Gasteiger partial charge in [-0.1, -0.05) is 54.6 Å². The Morgan fingerprint density at radius 3 is 2.26 bits per heavy atom. The second-order valence-corrected chi connectivity index (χ2v) is 10.2. The summed E-state index contributed by atoms with van der Waals surface area (Å²) in [5.74, 6) is 0.652. The van der Waals surface area contributed by atoms with Crippen LogP contribution in [0.1, 0.15) is 28.2 Å². The van der Waals surface area contributed by atoms with Crippen molar-refractivity contribution in [2.24, 2.45) is 0 Å². The van der Waals surface area contributed by atoms with Gasteiger partial charge >= 0.3 is 0 Å². The predicted octanol–water partition coefficient (Wildman–Crippen LogP) is 4.05. The van der Waals surface area contributed by atoms with Gasteiger partial charge in [0.2, 0.25) is 5.91 Å². The summed E-state index contributed by atoms with van der Waals surface area (Å²) in [5.41, 5.74) is 5.69. The number of rotatable bonds is 6. The van der Waals surface area contributed by atoms with Crippen molar-refractivity contribution < 1.29 is 14.6 Å². The maximum Gasteiger partial charge on any atom is 0.234 e. The number of aryl methyl sites for hydroxylation is 2. The number of aliphatic hydroxyl groups is 1. The van der Waals surface area contributed by atoms with Crippen LogP contribution in [0.5, 0.6) is 5.75 Å². The summed E-state index contributed by atoms with van der Waals surface area (Å²) >= 11 is 0. The highest BCUT2D eigenvalue weighted by Crippen LogP contribution is 2.36. The van der Waals surface area contributed by atoms with Crippen molar-refractivity contribution in [3.8, 4) is 5.75 Å². The number of ether oxygens (including phenoxy) is 1. The molecule has 1 unspecified atom stereocenters. The molecule has 0 bridgehead atoms. The molecule has 0 spiro atoms. The van der Waals surface area contributed by atoms with Crippen LogP contribution in [0, 0.1) is 0 Å². The van der Waals surface area contributed by atoms with Crippen LogP contribution < -0.4 is 4.74 Å². The summed E-state index contributed by atoms with van der Waals surface area (Å²) in [5, 5.41) is 11.6. The van der Waals surface area contributed by atoms with Crippen LogP contribution in [0.25, 0.3) is 10.9 Å². The van der Waals surface area contributed by atoms with Crippen LogP contribution in [0.3, 0.4) is 0 Å². The first-order valence-electron chi connectivity index (χ1n) is 13.5. The van der Waals surface area contributed by atoms with Crippen LogP contribution in [0.4, 0.5) is 0 Å². The van der Waals surface area contributed by atoms with Crippen LogP contribution >= 0.6 is 0 Å². The summed E-state index contributed by atoms with van der Waals surface area (Å²) in [6.45, 7) is 3.50. The number of amides is 1. The van der Waals surface area contributed by atoms with E-state index in [2.05, 4.69) is 46.3 Å². The second kappa shape index (κ2) is 10.9. The molecule has 3 aromatic carbocycles. The Morgan fingerprint density at radius 1 is 0.868 bits per heavy atom. The van der Waals surface area contributed by atoms with Gasteiger partial charge in [0.15, 0.2) is 0 Å². The Labute approximate surface area is 223 Å². The quantitative estimate of drug-likeness (QED) is 0.427. The Hall–Kier alpha value is -3.74. The van der Waals surface area contributed by atoms with Crippen molar-refractivity contribution in [1.29, 1.82) is 0 Å². The third-order valence-electron chi connectivity index (χ3n) is 7.83. The van der Waals surface area contributed by atoms with Crippen LogP contribution in [0.15, 0.2) is 85.1 Å². The van der Waals surface area contributed by atoms with E-state index in [1.54, 1.807) is 6.20 Å². The molecule has 1 aliphatic carbocycles. The van der Waals surface area contributed by atoms with Gasteiger partial charge in [-0.2, -0.15) is 0 Å². The lowest BCUT2D eigenvalue weighted by molar-refractivity contribution is -0.133. The van der Waals surface area contributed by atoms with E-state index in [9.17, 15) is 9.90 Å². The van der Waals surface area contributed by atoms with E-state index in [0.29, 0.717) is 19.6 Å². The SMILES string of the molecule is O=C(C1c2ccccc2CCc2ccccc21)N1CCN(CC(O)COc2cccc3ncccc23)CC1. The number of carbonyl (C=O) groups is 1. The number of benzene rings is 3. The molecule has 2 heterocycles. The predicted molar refractivity (Wildman–Crippen MR) is 148 cm³/mol. The number of carbonyl (C=O) groups excluding carboxylic acids is 1. The lowest BCUT2D eigenvalue weighted by Gasteiger charge is -2.37. The zero-order valence-electron chi connectivity index (χ0n) is 21.5. The van der Waals surface area contributed by atoms with E-state index in [1.165, 1.54) is 11.1 Å². The largest absolute Gasteiger partial charge is 0.490 e.